The van der Waals surface area contributed by atoms with E-state index in [9.17, 15) is 9.59 Å². The Morgan fingerprint density at radius 3 is 2.61 bits per heavy atom. The molecule has 2 aromatic carbocycles. The summed E-state index contributed by atoms with van der Waals surface area (Å²) in [6.07, 6.45) is 1.69. The summed E-state index contributed by atoms with van der Waals surface area (Å²) < 4.78 is 16.6. The molecule has 172 valence electrons. The molecule has 9 heteroatoms. The van der Waals surface area contributed by atoms with Crippen LogP contribution in [0.4, 0.5) is 5.69 Å². The highest BCUT2D eigenvalue weighted by molar-refractivity contribution is 6.40. The van der Waals surface area contributed by atoms with Gasteiger partial charge in [0.2, 0.25) is 12.7 Å². The van der Waals surface area contributed by atoms with Gasteiger partial charge in [0.1, 0.15) is 11.8 Å². The highest BCUT2D eigenvalue weighted by atomic mass is 16.7. The van der Waals surface area contributed by atoms with E-state index in [4.69, 9.17) is 19.9 Å². The van der Waals surface area contributed by atoms with Crippen LogP contribution in [0.3, 0.4) is 0 Å². The van der Waals surface area contributed by atoms with Crippen LogP contribution >= 0.6 is 0 Å². The molecule has 3 heterocycles. The molecule has 3 aliphatic heterocycles. The summed E-state index contributed by atoms with van der Waals surface area (Å²) in [4.78, 5) is 25.1. The van der Waals surface area contributed by atoms with Crippen LogP contribution in [0.25, 0.3) is 0 Å². The van der Waals surface area contributed by atoms with Crippen LogP contribution in [0.2, 0.25) is 0 Å². The average molecular weight is 450 g/mol. The van der Waals surface area contributed by atoms with Gasteiger partial charge in [0, 0.05) is 31.6 Å². The van der Waals surface area contributed by atoms with Crippen molar-refractivity contribution >= 4 is 23.2 Å². The predicted octanol–water partition coefficient (Wildman–Crippen LogP) is 1.70. The van der Waals surface area contributed by atoms with Crippen molar-refractivity contribution in [1.29, 1.82) is 0 Å². The van der Waals surface area contributed by atoms with Gasteiger partial charge in [-0.25, -0.2) is 0 Å². The maximum atomic E-state index is 13.1. The molecule has 1 fully saturated rings. The van der Waals surface area contributed by atoms with Crippen LogP contribution in [0.1, 0.15) is 24.8 Å². The summed E-state index contributed by atoms with van der Waals surface area (Å²) in [5, 5.41) is 9.03. The zero-order valence-electron chi connectivity index (χ0n) is 18.2. The van der Waals surface area contributed by atoms with Gasteiger partial charge in [-0.3, -0.25) is 14.6 Å². The molecular formula is C24H26N4O5. The first-order chi connectivity index (χ1) is 16.1. The lowest BCUT2D eigenvalue weighted by Gasteiger charge is -2.38. The number of hydrogen-bond acceptors (Lipinski definition) is 7. The number of para-hydroxylation sites is 1. The van der Waals surface area contributed by atoms with Gasteiger partial charge in [-0.1, -0.05) is 24.3 Å². The number of fused-ring (bicyclic) bond motifs is 1. The van der Waals surface area contributed by atoms with E-state index in [1.807, 2.05) is 48.5 Å². The molecule has 0 aromatic heterocycles. The minimum absolute atomic E-state index is 0.163. The molecule has 9 nitrogen and oxygen atoms in total. The normalized spacial score (nSPS) is 20.9. The van der Waals surface area contributed by atoms with Crippen LogP contribution in [-0.2, 0) is 19.7 Å². The van der Waals surface area contributed by atoms with Crippen LogP contribution in [0.5, 0.6) is 11.5 Å². The van der Waals surface area contributed by atoms with Gasteiger partial charge in [0.15, 0.2) is 11.5 Å². The summed E-state index contributed by atoms with van der Waals surface area (Å²) >= 11 is 0. The van der Waals surface area contributed by atoms with Crippen LogP contribution < -0.4 is 25.5 Å². The third-order valence-electron chi connectivity index (χ3n) is 6.54. The summed E-state index contributed by atoms with van der Waals surface area (Å²) in [5.74, 6) is 0.620. The first-order valence-electron chi connectivity index (χ1n) is 11.0. The van der Waals surface area contributed by atoms with E-state index >= 15 is 0 Å². The first kappa shape index (κ1) is 21.3. The Hall–Kier alpha value is -3.59. The lowest BCUT2D eigenvalue weighted by atomic mass is 9.74. The smallest absolute Gasteiger partial charge is 0.267 e. The second kappa shape index (κ2) is 8.74. The van der Waals surface area contributed by atoms with Gasteiger partial charge >= 0.3 is 0 Å². The lowest BCUT2D eigenvalue weighted by molar-refractivity contribution is -0.119. The molecule has 0 radical (unpaired) electrons. The lowest BCUT2D eigenvalue weighted by Crippen LogP contribution is -2.46. The molecule has 1 atom stereocenters. The average Bonchev–Trinajstić information content (AvgIpc) is 3.51. The van der Waals surface area contributed by atoms with Gasteiger partial charge in [-0.15, -0.1) is 0 Å². The van der Waals surface area contributed by atoms with Crippen LogP contribution in [0.15, 0.2) is 53.6 Å². The van der Waals surface area contributed by atoms with Crippen molar-refractivity contribution < 1.29 is 23.8 Å². The number of carbonyl (C=O) groups is 2. The summed E-state index contributed by atoms with van der Waals surface area (Å²) in [5.41, 5.74) is 7.38. The van der Waals surface area contributed by atoms with Crippen molar-refractivity contribution in [3.63, 3.8) is 0 Å². The van der Waals surface area contributed by atoms with Gasteiger partial charge < -0.3 is 25.3 Å². The molecule has 0 spiro atoms. The number of hydrazone groups is 1. The van der Waals surface area contributed by atoms with Crippen LogP contribution in [-0.4, -0.2) is 50.1 Å². The van der Waals surface area contributed by atoms with E-state index in [-0.39, 0.29) is 30.2 Å². The number of rotatable bonds is 6. The Labute approximate surface area is 191 Å². The molecule has 2 aromatic rings. The van der Waals surface area contributed by atoms with Crippen molar-refractivity contribution in [1.82, 2.24) is 5.32 Å². The Morgan fingerprint density at radius 1 is 1.09 bits per heavy atom. The summed E-state index contributed by atoms with van der Waals surface area (Å²) in [6.45, 7) is 1.85. The van der Waals surface area contributed by atoms with E-state index in [2.05, 4.69) is 10.4 Å². The second-order valence-electron chi connectivity index (χ2n) is 8.49. The number of amides is 2. The quantitative estimate of drug-likeness (QED) is 0.692. The topological polar surface area (TPSA) is 115 Å². The highest BCUT2D eigenvalue weighted by Crippen LogP contribution is 2.40. The maximum absolute atomic E-state index is 13.1. The molecule has 3 N–H and O–H groups in total. The zero-order chi connectivity index (χ0) is 22.8. The van der Waals surface area contributed by atoms with Gasteiger partial charge in [0.25, 0.3) is 5.91 Å². The number of nitrogens with one attached hydrogen (secondary N) is 1. The van der Waals surface area contributed by atoms with E-state index < -0.39 is 11.9 Å². The third kappa shape index (κ3) is 4.11. The monoisotopic (exact) mass is 450 g/mol. The number of primary amides is 1. The number of nitrogens with zero attached hydrogens (tertiary/aromatic N) is 2. The van der Waals surface area contributed by atoms with Gasteiger partial charge in [-0.05, 0) is 42.7 Å². The zero-order valence-corrected chi connectivity index (χ0v) is 18.2. The van der Waals surface area contributed by atoms with E-state index in [0.29, 0.717) is 31.2 Å². The summed E-state index contributed by atoms with van der Waals surface area (Å²) in [7, 11) is 0. The molecule has 33 heavy (non-hydrogen) atoms. The number of nitrogens with two attached hydrogens (primary N) is 1. The van der Waals surface area contributed by atoms with Gasteiger partial charge in [-0.2, -0.15) is 5.10 Å². The number of benzene rings is 2. The molecule has 5 rings (SSSR count). The predicted molar refractivity (Wildman–Crippen MR) is 121 cm³/mol. The molecule has 0 saturated carbocycles. The molecule has 0 aliphatic carbocycles. The molecule has 2 amide bonds. The largest absolute Gasteiger partial charge is 0.454 e. The van der Waals surface area contributed by atoms with Crippen molar-refractivity contribution in [2.45, 2.75) is 30.7 Å². The van der Waals surface area contributed by atoms with Crippen molar-refractivity contribution in [3.05, 3.63) is 54.1 Å². The van der Waals surface area contributed by atoms with E-state index in [0.717, 1.165) is 24.2 Å². The first-order valence-corrected chi connectivity index (χ1v) is 11.0. The van der Waals surface area contributed by atoms with Crippen molar-refractivity contribution in [2.24, 2.45) is 10.8 Å². The number of hydrogen-bond donors (Lipinski definition) is 2. The van der Waals surface area contributed by atoms with E-state index in [1.165, 1.54) is 5.01 Å². The van der Waals surface area contributed by atoms with E-state index in [1.54, 1.807) is 0 Å². The Kier molecular flexibility index (Phi) is 5.63. The number of ether oxygens (including phenoxy) is 3. The fourth-order valence-electron chi connectivity index (χ4n) is 4.60. The minimum Gasteiger partial charge on any atom is -0.454 e. The molecular weight excluding hydrogens is 424 g/mol. The second-order valence-corrected chi connectivity index (χ2v) is 8.49. The molecule has 0 bridgehead atoms. The van der Waals surface area contributed by atoms with Gasteiger partial charge in [0.05, 0.1) is 5.69 Å². The van der Waals surface area contributed by atoms with Crippen molar-refractivity contribution in [3.8, 4) is 11.5 Å². The highest BCUT2D eigenvalue weighted by Gasteiger charge is 2.38. The molecule has 1 saturated heterocycles. The summed E-state index contributed by atoms with van der Waals surface area (Å²) in [6, 6.07) is 14.5. The third-order valence-corrected chi connectivity index (χ3v) is 6.54. The Bertz CT molecular complexity index is 1080. The SMILES string of the molecule is NC(=O)C1CC(C(=O)NCC2(c3ccc4c(c3)OCO4)CCOCC2)=NN1c1ccccc1. The fraction of sp³-hybridized carbons (Fsp3) is 0.375. The van der Waals surface area contributed by atoms with Crippen LogP contribution in [0, 0.1) is 0 Å². The number of anilines is 1. The number of carbonyl (C=O) groups excluding carboxylic acids is 2. The standard InChI is InChI=1S/C24H26N4O5/c25-22(29)19-13-18(27-28(19)17-4-2-1-3-5-17)23(30)26-14-24(8-10-31-11-9-24)16-6-7-20-21(12-16)33-15-32-20/h1-7,12,19H,8-11,13-15H2,(H2,25,29)(H,26,30). The molecule has 3 aliphatic rings. The fourth-order valence-corrected chi connectivity index (χ4v) is 4.60. The Morgan fingerprint density at radius 2 is 1.85 bits per heavy atom. The Balaban J connectivity index is 1.34. The van der Waals surface area contributed by atoms with Crippen molar-refractivity contribution in [2.75, 3.05) is 31.6 Å². The minimum atomic E-state index is -0.695. The maximum Gasteiger partial charge on any atom is 0.267 e. The molecule has 1 unspecified atom stereocenters.